The highest BCUT2D eigenvalue weighted by molar-refractivity contribution is 7.15. The lowest BCUT2D eigenvalue weighted by Crippen LogP contribution is -2.29. The molecule has 1 saturated heterocycles. The van der Waals surface area contributed by atoms with E-state index in [9.17, 15) is 14.7 Å². The van der Waals surface area contributed by atoms with Gasteiger partial charge in [0.15, 0.2) is 0 Å². The highest BCUT2D eigenvalue weighted by Crippen LogP contribution is 2.43. The van der Waals surface area contributed by atoms with Gasteiger partial charge >= 0.3 is 5.91 Å². The topological polar surface area (TPSA) is 92.6 Å². The van der Waals surface area contributed by atoms with Gasteiger partial charge in [-0.15, -0.1) is 10.2 Å². The second-order valence-electron chi connectivity index (χ2n) is 7.78. The van der Waals surface area contributed by atoms with Crippen LogP contribution in [0.5, 0.6) is 5.75 Å². The molecule has 0 aliphatic carbocycles. The molecule has 2 atom stereocenters. The summed E-state index contributed by atoms with van der Waals surface area (Å²) in [5.74, 6) is -1.02. The van der Waals surface area contributed by atoms with Gasteiger partial charge in [-0.1, -0.05) is 35.1 Å². The summed E-state index contributed by atoms with van der Waals surface area (Å²) in [6, 6.07) is 11.2. The number of aliphatic hydroxyl groups is 1. The molecule has 3 heterocycles. The lowest BCUT2D eigenvalue weighted by molar-refractivity contribution is -0.132. The van der Waals surface area contributed by atoms with Crippen molar-refractivity contribution in [2.24, 2.45) is 0 Å². The molecule has 2 aromatic carbocycles. The van der Waals surface area contributed by atoms with Crippen molar-refractivity contribution in [2.45, 2.75) is 32.4 Å². The van der Waals surface area contributed by atoms with Gasteiger partial charge in [0.2, 0.25) is 5.13 Å². The number of ketones is 1. The van der Waals surface area contributed by atoms with Crippen LogP contribution in [-0.2, 0) is 16.0 Å². The van der Waals surface area contributed by atoms with Gasteiger partial charge in [0, 0.05) is 17.0 Å². The van der Waals surface area contributed by atoms with Gasteiger partial charge in [0.25, 0.3) is 5.78 Å². The number of hydrogen-bond acceptors (Lipinski definition) is 7. The maximum Gasteiger partial charge on any atom is 0.301 e. The molecule has 0 radical (unpaired) electrons. The molecule has 0 saturated carbocycles. The fraction of sp³-hybridized carbons (Fsp3) is 0.217. The monoisotopic (exact) mass is 467 g/mol. The summed E-state index contributed by atoms with van der Waals surface area (Å²) in [6.07, 6.45) is 0.748. The van der Waals surface area contributed by atoms with Gasteiger partial charge in [-0.25, -0.2) is 0 Å². The summed E-state index contributed by atoms with van der Waals surface area (Å²) in [5, 5.41) is 20.8. The number of aromatic nitrogens is 2. The van der Waals surface area contributed by atoms with Gasteiger partial charge in [0.05, 0.1) is 11.6 Å². The number of ether oxygens (including phenoxy) is 1. The minimum Gasteiger partial charge on any atom is -0.507 e. The molecule has 7 nitrogen and oxygen atoms in total. The molecule has 2 aliphatic rings. The van der Waals surface area contributed by atoms with Crippen molar-refractivity contribution in [3.05, 3.63) is 74.8 Å². The van der Waals surface area contributed by atoms with Crippen molar-refractivity contribution in [3.8, 4) is 5.75 Å². The molecular weight excluding hydrogens is 450 g/mol. The first-order valence-corrected chi connectivity index (χ1v) is 11.2. The highest BCUT2D eigenvalue weighted by atomic mass is 35.5. The molecule has 32 heavy (non-hydrogen) atoms. The van der Waals surface area contributed by atoms with Gasteiger partial charge in [-0.05, 0) is 55.3 Å². The Morgan fingerprint density at radius 3 is 2.62 bits per heavy atom. The van der Waals surface area contributed by atoms with Crippen LogP contribution in [0.3, 0.4) is 0 Å². The zero-order chi connectivity index (χ0) is 22.6. The fourth-order valence-electron chi connectivity index (χ4n) is 4.10. The molecule has 2 unspecified atom stereocenters. The molecular formula is C23H18ClN3O4S. The van der Waals surface area contributed by atoms with E-state index >= 15 is 0 Å². The number of aliphatic hydroxyl groups excluding tert-OH is 1. The molecule has 1 aromatic heterocycles. The summed E-state index contributed by atoms with van der Waals surface area (Å²) in [7, 11) is 0. The number of aryl methyl sites for hydroxylation is 1. The fourth-order valence-corrected chi connectivity index (χ4v) is 4.94. The van der Waals surface area contributed by atoms with Gasteiger partial charge < -0.3 is 9.84 Å². The number of hydrogen-bond donors (Lipinski definition) is 1. The number of benzene rings is 2. The summed E-state index contributed by atoms with van der Waals surface area (Å²) in [5.41, 5.74) is 2.02. The average molecular weight is 468 g/mol. The van der Waals surface area contributed by atoms with Crippen LogP contribution in [0.1, 0.15) is 34.7 Å². The minimum atomic E-state index is -0.858. The van der Waals surface area contributed by atoms with Crippen molar-refractivity contribution < 1.29 is 19.4 Å². The number of halogens is 1. The molecule has 1 amide bonds. The van der Waals surface area contributed by atoms with Crippen LogP contribution in [0, 0.1) is 6.92 Å². The van der Waals surface area contributed by atoms with Crippen LogP contribution in [0.15, 0.2) is 48.0 Å². The molecule has 3 aromatic rings. The lowest BCUT2D eigenvalue weighted by Gasteiger charge is -2.22. The summed E-state index contributed by atoms with van der Waals surface area (Å²) >= 11 is 7.25. The van der Waals surface area contributed by atoms with E-state index in [0.29, 0.717) is 32.7 Å². The van der Waals surface area contributed by atoms with Crippen LogP contribution < -0.4 is 9.64 Å². The zero-order valence-corrected chi connectivity index (χ0v) is 18.8. The first kappa shape index (κ1) is 20.7. The Bertz CT molecular complexity index is 1280. The van der Waals surface area contributed by atoms with Crippen LogP contribution in [0.2, 0.25) is 5.02 Å². The highest BCUT2D eigenvalue weighted by Gasteiger charge is 2.48. The predicted octanol–water partition coefficient (Wildman–Crippen LogP) is 4.45. The van der Waals surface area contributed by atoms with E-state index in [2.05, 4.69) is 10.2 Å². The second kappa shape index (κ2) is 7.72. The summed E-state index contributed by atoms with van der Waals surface area (Å²) in [6.45, 7) is 3.73. The maximum atomic E-state index is 13.1. The molecule has 5 rings (SSSR count). The maximum absolute atomic E-state index is 13.1. The molecule has 162 valence electrons. The SMILES string of the molecule is Cc1nnc(N2C(=O)C(=O)C(=C(O)c3ccc4c(c3)CC(C)O4)C2c2ccc(Cl)cc2)s1. The minimum absolute atomic E-state index is 0.00270. The van der Waals surface area contributed by atoms with Crippen LogP contribution >= 0.6 is 22.9 Å². The molecule has 2 aliphatic heterocycles. The van der Waals surface area contributed by atoms with E-state index in [1.807, 2.05) is 6.92 Å². The van der Waals surface area contributed by atoms with E-state index < -0.39 is 17.7 Å². The number of fused-ring (bicyclic) bond motifs is 1. The van der Waals surface area contributed by atoms with Crippen LogP contribution in [-0.4, -0.2) is 33.1 Å². The third-order valence-electron chi connectivity index (χ3n) is 5.52. The summed E-state index contributed by atoms with van der Waals surface area (Å²) < 4.78 is 5.73. The standard InChI is InChI=1S/C23H18ClN3O4S/c1-11-9-15-10-14(5-8-17(15)31-11)20(28)18-19(13-3-6-16(24)7-4-13)27(22(30)21(18)29)23-26-25-12(2)32-23/h3-8,10-11,19,28H,9H2,1-2H3. The quantitative estimate of drug-likeness (QED) is 0.347. The number of rotatable bonds is 3. The van der Waals surface area contributed by atoms with Gasteiger partial charge in [-0.3, -0.25) is 14.5 Å². The Morgan fingerprint density at radius 1 is 1.19 bits per heavy atom. The number of carbonyl (C=O) groups is 2. The predicted molar refractivity (Wildman–Crippen MR) is 121 cm³/mol. The van der Waals surface area contributed by atoms with Gasteiger partial charge in [0.1, 0.15) is 22.6 Å². The Balaban J connectivity index is 1.68. The normalized spacial score (nSPS) is 21.7. The smallest absolute Gasteiger partial charge is 0.301 e. The van der Waals surface area contributed by atoms with E-state index in [1.165, 1.54) is 16.2 Å². The number of anilines is 1. The first-order valence-electron chi connectivity index (χ1n) is 10.00. The van der Waals surface area contributed by atoms with Crippen LogP contribution in [0.4, 0.5) is 5.13 Å². The van der Waals surface area contributed by atoms with E-state index in [1.54, 1.807) is 49.4 Å². The Hall–Kier alpha value is -3.23. The van der Waals surface area contributed by atoms with Crippen molar-refractivity contribution in [2.75, 3.05) is 4.90 Å². The van der Waals surface area contributed by atoms with Crippen molar-refractivity contribution >= 4 is 45.5 Å². The first-order chi connectivity index (χ1) is 15.3. The van der Waals surface area contributed by atoms with Crippen LogP contribution in [0.25, 0.3) is 5.76 Å². The van der Waals surface area contributed by atoms with Crippen molar-refractivity contribution in [1.82, 2.24) is 10.2 Å². The molecule has 1 N–H and O–H groups in total. The van der Waals surface area contributed by atoms with Gasteiger partial charge in [-0.2, -0.15) is 0 Å². The Labute approximate surface area is 192 Å². The average Bonchev–Trinajstić information content (AvgIpc) is 3.43. The number of carbonyl (C=O) groups excluding carboxylic acids is 2. The number of nitrogens with zero attached hydrogens (tertiary/aromatic N) is 3. The molecule has 9 heteroatoms. The van der Waals surface area contributed by atoms with Crippen molar-refractivity contribution in [3.63, 3.8) is 0 Å². The zero-order valence-electron chi connectivity index (χ0n) is 17.2. The Kier molecular flexibility index (Phi) is 4.98. The molecule has 0 spiro atoms. The lowest BCUT2D eigenvalue weighted by atomic mass is 9.94. The van der Waals surface area contributed by atoms with E-state index in [4.69, 9.17) is 16.3 Å². The van der Waals surface area contributed by atoms with E-state index in [-0.39, 0.29) is 17.4 Å². The Morgan fingerprint density at radius 2 is 1.94 bits per heavy atom. The third kappa shape index (κ3) is 3.36. The molecule has 0 bridgehead atoms. The molecule has 1 fully saturated rings. The number of Topliss-reactive ketones (excluding diaryl/α,β-unsaturated/α-hetero) is 1. The largest absolute Gasteiger partial charge is 0.507 e. The third-order valence-corrected chi connectivity index (χ3v) is 6.61. The second-order valence-corrected chi connectivity index (χ2v) is 9.38. The van der Waals surface area contributed by atoms with Crippen molar-refractivity contribution in [1.29, 1.82) is 0 Å². The number of amides is 1. The summed E-state index contributed by atoms with van der Waals surface area (Å²) in [4.78, 5) is 27.5. The van der Waals surface area contributed by atoms with E-state index in [0.717, 1.165) is 11.3 Å².